The second kappa shape index (κ2) is 19.0. The topological polar surface area (TPSA) is 206 Å². The maximum absolute atomic E-state index is 15.1. The minimum absolute atomic E-state index is 0.0402. The smallest absolute Gasteiger partial charge is 0.249 e. The van der Waals surface area contributed by atoms with Crippen LogP contribution in [0.1, 0.15) is 120 Å². The van der Waals surface area contributed by atoms with Crippen molar-refractivity contribution >= 4 is 45.9 Å². The molecular weight excluding hydrogens is 818 g/mol. The van der Waals surface area contributed by atoms with Gasteiger partial charge in [0, 0.05) is 82.2 Å². The van der Waals surface area contributed by atoms with Gasteiger partial charge in [0.05, 0.1) is 16.6 Å². The van der Waals surface area contributed by atoms with Gasteiger partial charge in [-0.05, 0) is 95.0 Å². The summed E-state index contributed by atoms with van der Waals surface area (Å²) < 4.78 is 22.9. The Kier molecular flexibility index (Phi) is 12.8. The van der Waals surface area contributed by atoms with Crippen LogP contribution < -0.4 is 21.3 Å². The number of rotatable bonds is 16. The molecule has 3 saturated heterocycles. The van der Waals surface area contributed by atoms with Gasteiger partial charge in [0.25, 0.3) is 0 Å². The molecule has 5 aromatic rings. The molecule has 0 radical (unpaired) electrons. The van der Waals surface area contributed by atoms with E-state index in [2.05, 4.69) is 35.6 Å². The molecular formula is C46H58FN13O4. The number of hydrogen-bond donors (Lipinski definition) is 3. The number of amides is 3. The number of imide groups is 1. The second-order valence-corrected chi connectivity index (χ2v) is 18.0. The molecule has 4 fully saturated rings. The molecule has 9 rings (SSSR count). The van der Waals surface area contributed by atoms with Crippen molar-refractivity contribution in [1.82, 2.24) is 50.0 Å². The van der Waals surface area contributed by atoms with Gasteiger partial charge in [-0.25, -0.2) is 29.0 Å². The maximum atomic E-state index is 15.1. The lowest BCUT2D eigenvalue weighted by Crippen LogP contribution is -2.47. The molecule has 0 spiro atoms. The number of fused-ring (bicyclic) bond motifs is 1. The number of nitrogens with zero attached hydrogens (tertiary/aromatic N) is 10. The van der Waals surface area contributed by atoms with E-state index >= 15 is 4.39 Å². The molecule has 17 nitrogen and oxygen atoms in total. The predicted octanol–water partition coefficient (Wildman–Crippen LogP) is 6.20. The number of anilines is 3. The lowest BCUT2D eigenvalue weighted by Gasteiger charge is -2.36. The summed E-state index contributed by atoms with van der Waals surface area (Å²) in [4.78, 5) is 61.7. The van der Waals surface area contributed by atoms with Crippen molar-refractivity contribution in [3.8, 4) is 22.8 Å². The number of benzene rings is 1. The van der Waals surface area contributed by atoms with Gasteiger partial charge in [0.1, 0.15) is 35.4 Å². The summed E-state index contributed by atoms with van der Waals surface area (Å²) in [6.45, 7) is 9.81. The quantitative estimate of drug-likeness (QED) is 0.0746. The summed E-state index contributed by atoms with van der Waals surface area (Å²) in [5.74, 6) is 1.45. The van der Waals surface area contributed by atoms with Crippen LogP contribution in [0.5, 0.6) is 0 Å². The standard InChI is InChI=1S/C46H58FN13O4/c1-28(2)60-45-39(43(48)51-27-52-45)40(55-60)41-38(42(64-56-41)30-9-10-30)44-49-25-31(26-50-44)29-15-18-59(19-16-29)37(62)8-6-4-3-5-7-17-57-20-22-58(23-21-57)35-13-11-32(24-33(35)47)53-34-12-14-36(61)54-46(34)63/h11,13,24-30,34,53H,3-10,12,14-23H2,1-2H3,(H2,48,51,52)(H,54,61,63)/t34-/m1/s1. The first-order chi connectivity index (χ1) is 31.1. The highest BCUT2D eigenvalue weighted by Gasteiger charge is 2.36. The van der Waals surface area contributed by atoms with Crippen LogP contribution in [0.15, 0.2) is 41.4 Å². The van der Waals surface area contributed by atoms with Crippen molar-refractivity contribution < 1.29 is 23.3 Å². The molecule has 3 amide bonds. The Bertz CT molecular complexity index is 2470. The zero-order valence-corrected chi connectivity index (χ0v) is 36.8. The molecule has 1 aliphatic carbocycles. The first-order valence-corrected chi connectivity index (χ1v) is 23.1. The number of piperidine rings is 2. The highest BCUT2D eigenvalue weighted by molar-refractivity contribution is 6.02. The molecule has 7 heterocycles. The SMILES string of the molecule is CC(C)n1nc(-c2noc(C3CC3)c2-c2ncc(C3CCN(C(=O)CCCCCCCN4CCN(c5ccc(N[C@@H]6CCC(=O)NC6=O)cc5F)CC4)CC3)cn2)c2c(N)ncnc21. The van der Waals surface area contributed by atoms with E-state index in [-0.39, 0.29) is 47.8 Å². The molecule has 0 unspecified atom stereocenters. The number of likely N-dealkylation sites (tertiary alicyclic amines) is 1. The first kappa shape index (κ1) is 43.2. The summed E-state index contributed by atoms with van der Waals surface area (Å²) in [5, 5.41) is 15.4. The van der Waals surface area contributed by atoms with Crippen LogP contribution in [0.25, 0.3) is 33.8 Å². The highest BCUT2D eigenvalue weighted by atomic mass is 19.1. The van der Waals surface area contributed by atoms with E-state index in [9.17, 15) is 14.4 Å². The minimum Gasteiger partial charge on any atom is -0.383 e. The average Bonchev–Trinajstić information content (AvgIpc) is 3.92. The average molecular weight is 876 g/mol. The minimum atomic E-state index is -0.546. The fourth-order valence-corrected chi connectivity index (χ4v) is 9.36. The van der Waals surface area contributed by atoms with Gasteiger partial charge < -0.3 is 25.4 Å². The number of nitrogens with one attached hydrogen (secondary N) is 2. The Morgan fingerprint density at radius 3 is 2.38 bits per heavy atom. The Morgan fingerprint density at radius 2 is 1.66 bits per heavy atom. The van der Waals surface area contributed by atoms with Crippen LogP contribution >= 0.6 is 0 Å². The molecule has 1 atom stereocenters. The fourth-order valence-electron chi connectivity index (χ4n) is 9.36. The number of carbonyl (C=O) groups excluding carboxylic acids is 3. The van der Waals surface area contributed by atoms with Gasteiger partial charge >= 0.3 is 0 Å². The van der Waals surface area contributed by atoms with Gasteiger partial charge in [-0.1, -0.05) is 24.4 Å². The van der Waals surface area contributed by atoms with Gasteiger partial charge in [0.2, 0.25) is 17.7 Å². The molecule has 4 aliphatic rings. The first-order valence-electron chi connectivity index (χ1n) is 23.1. The van der Waals surface area contributed by atoms with E-state index in [0.29, 0.717) is 58.3 Å². The summed E-state index contributed by atoms with van der Waals surface area (Å²) in [6.07, 6.45) is 15.6. The van der Waals surface area contributed by atoms with Crippen molar-refractivity contribution in [2.75, 3.05) is 61.8 Å². The fraction of sp³-hybridized carbons (Fsp3) is 0.543. The van der Waals surface area contributed by atoms with Gasteiger partial charge in [-0.3, -0.25) is 24.6 Å². The number of aromatic nitrogens is 7. The van der Waals surface area contributed by atoms with E-state index in [1.54, 1.807) is 12.1 Å². The lowest BCUT2D eigenvalue weighted by molar-refractivity contribution is -0.134. The van der Waals surface area contributed by atoms with Crippen LogP contribution in [0, 0.1) is 5.82 Å². The van der Waals surface area contributed by atoms with Crippen LogP contribution in [0.2, 0.25) is 0 Å². The number of nitrogens with two attached hydrogens (primary N) is 1. The van der Waals surface area contributed by atoms with Crippen LogP contribution in [-0.4, -0.2) is 114 Å². The summed E-state index contributed by atoms with van der Waals surface area (Å²) in [7, 11) is 0. The van der Waals surface area contributed by atoms with Crippen molar-refractivity contribution in [1.29, 1.82) is 0 Å². The summed E-state index contributed by atoms with van der Waals surface area (Å²) in [5.41, 5.74) is 11.0. The predicted molar refractivity (Wildman–Crippen MR) is 240 cm³/mol. The van der Waals surface area contributed by atoms with Crippen molar-refractivity contribution in [3.63, 3.8) is 0 Å². The Morgan fingerprint density at radius 1 is 0.906 bits per heavy atom. The molecule has 1 saturated carbocycles. The van der Waals surface area contributed by atoms with Crippen LogP contribution in [-0.2, 0) is 14.4 Å². The maximum Gasteiger partial charge on any atom is 0.249 e. The molecule has 3 aliphatic heterocycles. The molecule has 338 valence electrons. The van der Waals surface area contributed by atoms with Crippen molar-refractivity contribution in [3.05, 3.63) is 54.1 Å². The molecule has 0 bridgehead atoms. The lowest BCUT2D eigenvalue weighted by atomic mass is 9.91. The monoisotopic (exact) mass is 875 g/mol. The van der Waals surface area contributed by atoms with E-state index in [4.69, 9.17) is 25.3 Å². The van der Waals surface area contributed by atoms with Crippen molar-refractivity contribution in [2.45, 2.75) is 115 Å². The summed E-state index contributed by atoms with van der Waals surface area (Å²) >= 11 is 0. The number of piperazine rings is 1. The second-order valence-electron chi connectivity index (χ2n) is 18.0. The zero-order valence-electron chi connectivity index (χ0n) is 36.8. The third-order valence-corrected chi connectivity index (χ3v) is 13.2. The van der Waals surface area contributed by atoms with Crippen LogP contribution in [0.3, 0.4) is 0 Å². The number of nitrogen functional groups attached to an aromatic ring is 1. The zero-order chi connectivity index (χ0) is 44.3. The number of unbranched alkanes of at least 4 members (excludes halogenated alkanes) is 4. The Hall–Kier alpha value is -6.04. The normalized spacial score (nSPS) is 18.9. The summed E-state index contributed by atoms with van der Waals surface area (Å²) in [6, 6.07) is 4.49. The van der Waals surface area contributed by atoms with E-state index in [1.807, 2.05) is 35.8 Å². The van der Waals surface area contributed by atoms with Gasteiger partial charge in [-0.15, -0.1) is 0 Å². The number of hydrogen-bond acceptors (Lipinski definition) is 14. The van der Waals surface area contributed by atoms with E-state index in [0.717, 1.165) is 120 Å². The third-order valence-electron chi connectivity index (χ3n) is 13.2. The Labute approximate surface area is 371 Å². The van der Waals surface area contributed by atoms with Crippen molar-refractivity contribution in [2.24, 2.45) is 0 Å². The van der Waals surface area contributed by atoms with E-state index in [1.165, 1.54) is 12.4 Å². The molecule has 4 N–H and O–H groups in total. The molecule has 18 heteroatoms. The highest BCUT2D eigenvalue weighted by Crippen LogP contribution is 2.48. The number of halogens is 1. The molecule has 4 aromatic heterocycles. The van der Waals surface area contributed by atoms with E-state index < -0.39 is 6.04 Å². The largest absolute Gasteiger partial charge is 0.383 e. The Balaban J connectivity index is 0.683. The number of carbonyl (C=O) groups is 3. The van der Waals surface area contributed by atoms with Crippen LogP contribution in [0.4, 0.5) is 21.6 Å². The van der Waals surface area contributed by atoms with Gasteiger partial charge in [0.15, 0.2) is 17.2 Å². The van der Waals surface area contributed by atoms with Gasteiger partial charge in [-0.2, -0.15) is 5.10 Å². The third kappa shape index (κ3) is 9.42. The molecule has 64 heavy (non-hydrogen) atoms. The molecule has 1 aromatic carbocycles.